The van der Waals surface area contributed by atoms with Gasteiger partial charge in [0.1, 0.15) is 35.2 Å². The third kappa shape index (κ3) is 3.08. The Bertz CT molecular complexity index is 1380. The molecule has 2 N–H and O–H groups in total. The summed E-state index contributed by atoms with van der Waals surface area (Å²) in [4.78, 5) is 22.5. The predicted octanol–water partition coefficient (Wildman–Crippen LogP) is 4.16. The number of aromatic nitrogens is 3. The second-order valence-electron chi connectivity index (χ2n) is 7.77. The lowest BCUT2D eigenvalue weighted by molar-refractivity contribution is -0.118. The molecule has 1 aliphatic rings. The number of nitrogens with zero attached hydrogens (tertiary/aromatic N) is 4. The lowest BCUT2D eigenvalue weighted by atomic mass is 9.97. The maximum absolute atomic E-state index is 15.2. The van der Waals surface area contributed by atoms with Gasteiger partial charge in [0.05, 0.1) is 11.3 Å². The quantitative estimate of drug-likeness (QED) is 0.522. The smallest absolute Gasteiger partial charge is 0.234 e. The molecule has 3 heterocycles. The van der Waals surface area contributed by atoms with Gasteiger partial charge in [-0.2, -0.15) is 0 Å². The van der Waals surface area contributed by atoms with E-state index in [1.54, 1.807) is 29.9 Å². The van der Waals surface area contributed by atoms with Gasteiger partial charge in [0, 0.05) is 42.2 Å². The minimum Gasteiger partial charge on any atom is -0.383 e. The molecule has 32 heavy (non-hydrogen) atoms. The zero-order chi connectivity index (χ0) is 22.6. The molecule has 6 nitrogen and oxygen atoms in total. The Hall–Kier alpha value is -3.88. The molecule has 1 amide bonds. The van der Waals surface area contributed by atoms with Crippen molar-refractivity contribution >= 4 is 28.4 Å². The molecule has 1 fully saturated rings. The first-order valence-electron chi connectivity index (χ1n) is 9.97. The fourth-order valence-electron chi connectivity index (χ4n) is 4.34. The van der Waals surface area contributed by atoms with E-state index in [2.05, 4.69) is 9.97 Å². The van der Waals surface area contributed by atoms with E-state index in [1.807, 2.05) is 0 Å². The van der Waals surface area contributed by atoms with E-state index in [0.29, 0.717) is 34.3 Å². The number of nitrogen functional groups attached to an aromatic ring is 1. The summed E-state index contributed by atoms with van der Waals surface area (Å²) in [6.07, 6.45) is 3.37. The van der Waals surface area contributed by atoms with Gasteiger partial charge in [-0.15, -0.1) is 0 Å². The van der Waals surface area contributed by atoms with E-state index in [9.17, 15) is 13.6 Å². The Balaban J connectivity index is 1.50. The van der Waals surface area contributed by atoms with Gasteiger partial charge in [-0.1, -0.05) is 0 Å². The number of benzene rings is 2. The van der Waals surface area contributed by atoms with Crippen LogP contribution in [0.3, 0.4) is 0 Å². The summed E-state index contributed by atoms with van der Waals surface area (Å²) in [6, 6.07) is 7.51. The Morgan fingerprint density at radius 2 is 1.84 bits per heavy atom. The third-order valence-corrected chi connectivity index (χ3v) is 5.88. The number of fused-ring (bicyclic) bond motifs is 1. The van der Waals surface area contributed by atoms with E-state index in [-0.39, 0.29) is 17.9 Å². The van der Waals surface area contributed by atoms with Gasteiger partial charge in [-0.05, 0) is 42.8 Å². The number of aryl methyl sites for hydroxylation is 1. The number of hydrogen-bond acceptors (Lipinski definition) is 4. The summed E-state index contributed by atoms with van der Waals surface area (Å²) in [5.74, 6) is -2.77. The number of anilines is 2. The van der Waals surface area contributed by atoms with E-state index in [4.69, 9.17) is 5.73 Å². The highest BCUT2D eigenvalue weighted by atomic mass is 19.1. The molecule has 1 unspecified atom stereocenters. The van der Waals surface area contributed by atoms with Crippen LogP contribution in [0.15, 0.2) is 48.9 Å². The number of rotatable bonds is 3. The van der Waals surface area contributed by atoms with Gasteiger partial charge >= 0.3 is 0 Å². The molecule has 0 spiro atoms. The van der Waals surface area contributed by atoms with Crippen LogP contribution in [0.4, 0.5) is 24.7 Å². The number of amides is 1. The standard InChI is InChI=1S/C23H18F3N5O/c1-30-10-17(20-21(27)28-11-29-22(20)30)14-4-3-13(9-19(14)26)31-7-6-15(23(31)32)16-8-12(24)2-5-18(16)25/h2-5,8-11,15H,6-7H2,1H3,(H2,27,28,29). The second kappa shape index (κ2) is 7.37. The van der Waals surface area contributed by atoms with Crippen LogP contribution in [0.5, 0.6) is 0 Å². The van der Waals surface area contributed by atoms with Crippen molar-refractivity contribution in [1.82, 2.24) is 14.5 Å². The monoisotopic (exact) mass is 437 g/mol. The fourth-order valence-corrected chi connectivity index (χ4v) is 4.34. The molecule has 0 radical (unpaired) electrons. The van der Waals surface area contributed by atoms with Crippen LogP contribution in [0.2, 0.25) is 0 Å². The average Bonchev–Trinajstić information content (AvgIpc) is 3.31. The van der Waals surface area contributed by atoms with Crippen molar-refractivity contribution in [3.63, 3.8) is 0 Å². The van der Waals surface area contributed by atoms with E-state index < -0.39 is 29.3 Å². The van der Waals surface area contributed by atoms with E-state index >= 15 is 4.39 Å². The predicted molar refractivity (Wildman–Crippen MR) is 114 cm³/mol. The molecule has 162 valence electrons. The molecule has 0 bridgehead atoms. The minimum atomic E-state index is -0.816. The Morgan fingerprint density at radius 1 is 1.03 bits per heavy atom. The van der Waals surface area contributed by atoms with Crippen molar-refractivity contribution in [1.29, 1.82) is 0 Å². The zero-order valence-electron chi connectivity index (χ0n) is 17.0. The van der Waals surface area contributed by atoms with E-state index in [0.717, 1.165) is 18.2 Å². The Kier molecular flexibility index (Phi) is 4.61. The number of carbonyl (C=O) groups excluding carboxylic acids is 1. The van der Waals surface area contributed by atoms with Crippen molar-refractivity contribution in [3.05, 3.63) is 71.9 Å². The van der Waals surface area contributed by atoms with Crippen molar-refractivity contribution in [3.8, 4) is 11.1 Å². The number of carbonyl (C=O) groups is 1. The van der Waals surface area contributed by atoms with Gasteiger partial charge in [-0.3, -0.25) is 4.79 Å². The lowest BCUT2D eigenvalue weighted by Gasteiger charge is -2.18. The number of hydrogen-bond donors (Lipinski definition) is 1. The molecular formula is C23H18F3N5O. The average molecular weight is 437 g/mol. The summed E-state index contributed by atoms with van der Waals surface area (Å²) < 4.78 is 44.7. The molecule has 1 saturated heterocycles. The molecule has 0 saturated carbocycles. The van der Waals surface area contributed by atoms with Gasteiger partial charge in [0.2, 0.25) is 5.91 Å². The molecule has 2 aromatic heterocycles. The SMILES string of the molecule is Cn1cc(-c2ccc(N3CCC(c4cc(F)ccc4F)C3=O)cc2F)c2c(N)ncnc21. The molecular weight excluding hydrogens is 419 g/mol. The molecule has 4 aromatic rings. The van der Waals surface area contributed by atoms with Crippen LogP contribution in [-0.2, 0) is 11.8 Å². The first-order chi connectivity index (χ1) is 15.3. The van der Waals surface area contributed by atoms with Crippen LogP contribution >= 0.6 is 0 Å². The normalized spacial score (nSPS) is 16.3. The highest BCUT2D eigenvalue weighted by Crippen LogP contribution is 2.37. The van der Waals surface area contributed by atoms with Crippen molar-refractivity contribution < 1.29 is 18.0 Å². The van der Waals surface area contributed by atoms with Crippen LogP contribution in [0, 0.1) is 17.5 Å². The highest BCUT2D eigenvalue weighted by molar-refractivity contribution is 6.02. The Morgan fingerprint density at radius 3 is 2.62 bits per heavy atom. The van der Waals surface area contributed by atoms with Crippen LogP contribution < -0.4 is 10.6 Å². The highest BCUT2D eigenvalue weighted by Gasteiger charge is 2.35. The Labute approximate surface area is 181 Å². The van der Waals surface area contributed by atoms with Gasteiger partial charge in [0.15, 0.2) is 0 Å². The second-order valence-corrected chi connectivity index (χ2v) is 7.77. The molecule has 9 heteroatoms. The van der Waals surface area contributed by atoms with Gasteiger partial charge in [-0.25, -0.2) is 23.1 Å². The van der Waals surface area contributed by atoms with Crippen molar-refractivity contribution in [2.45, 2.75) is 12.3 Å². The van der Waals surface area contributed by atoms with E-state index in [1.165, 1.54) is 17.3 Å². The largest absolute Gasteiger partial charge is 0.383 e. The molecule has 2 aromatic carbocycles. The van der Waals surface area contributed by atoms with Crippen LogP contribution in [0.25, 0.3) is 22.2 Å². The molecule has 5 rings (SSSR count). The lowest BCUT2D eigenvalue weighted by Crippen LogP contribution is -2.26. The zero-order valence-corrected chi connectivity index (χ0v) is 17.0. The van der Waals surface area contributed by atoms with Crippen molar-refractivity contribution in [2.24, 2.45) is 7.05 Å². The summed E-state index contributed by atoms with van der Waals surface area (Å²) in [7, 11) is 1.78. The maximum Gasteiger partial charge on any atom is 0.234 e. The van der Waals surface area contributed by atoms with Crippen LogP contribution in [0.1, 0.15) is 17.9 Å². The summed E-state index contributed by atoms with van der Waals surface area (Å²) in [6.45, 7) is 0.271. The topological polar surface area (TPSA) is 77.0 Å². The molecule has 1 atom stereocenters. The first kappa shape index (κ1) is 20.0. The van der Waals surface area contributed by atoms with Gasteiger partial charge < -0.3 is 15.2 Å². The van der Waals surface area contributed by atoms with Crippen molar-refractivity contribution in [2.75, 3.05) is 17.2 Å². The minimum absolute atomic E-state index is 0.0147. The summed E-state index contributed by atoms with van der Waals surface area (Å²) in [5, 5.41) is 0.542. The van der Waals surface area contributed by atoms with Gasteiger partial charge in [0.25, 0.3) is 0 Å². The molecule has 0 aliphatic carbocycles. The fraction of sp³-hybridized carbons (Fsp3) is 0.174. The maximum atomic E-state index is 15.2. The van der Waals surface area contributed by atoms with Crippen LogP contribution in [-0.4, -0.2) is 27.0 Å². The third-order valence-electron chi connectivity index (χ3n) is 5.88. The summed E-state index contributed by atoms with van der Waals surface area (Å²) in [5.41, 5.74) is 7.77. The molecule has 1 aliphatic heterocycles. The summed E-state index contributed by atoms with van der Waals surface area (Å²) >= 11 is 0. The number of nitrogens with two attached hydrogens (primary N) is 1. The number of halogens is 3. The first-order valence-corrected chi connectivity index (χ1v) is 9.97.